The Kier molecular flexibility index (Phi) is 6.26. The summed E-state index contributed by atoms with van der Waals surface area (Å²) in [5, 5.41) is 2.63. The van der Waals surface area contributed by atoms with Crippen LogP contribution >= 0.6 is 15.9 Å². The topological polar surface area (TPSA) is 58.6 Å². The summed E-state index contributed by atoms with van der Waals surface area (Å²) < 4.78 is 32.4. The lowest BCUT2D eigenvalue weighted by atomic mass is 10.0. The van der Waals surface area contributed by atoms with Crippen LogP contribution in [0.3, 0.4) is 0 Å². The Labute approximate surface area is 160 Å². The van der Waals surface area contributed by atoms with Crippen molar-refractivity contribution in [1.29, 1.82) is 0 Å². The lowest BCUT2D eigenvalue weighted by Gasteiger charge is -2.31. The van der Waals surface area contributed by atoms with Gasteiger partial charge in [0.05, 0.1) is 0 Å². The van der Waals surface area contributed by atoms with E-state index in [1.807, 2.05) is 0 Å². The summed E-state index contributed by atoms with van der Waals surface area (Å²) in [6, 6.07) is 5.07. The Balaban J connectivity index is 2.02. The van der Waals surface area contributed by atoms with Crippen LogP contribution in [-0.4, -0.2) is 41.5 Å². The molecule has 5 nitrogen and oxygen atoms in total. The summed E-state index contributed by atoms with van der Waals surface area (Å²) in [5.41, 5.74) is 0.500. The first kappa shape index (κ1) is 20.6. The molecule has 0 spiro atoms. The molecule has 1 heterocycles. The van der Waals surface area contributed by atoms with Gasteiger partial charge in [-0.3, -0.25) is 4.79 Å². The van der Waals surface area contributed by atoms with E-state index in [0.29, 0.717) is 15.6 Å². The van der Waals surface area contributed by atoms with E-state index >= 15 is 0 Å². The van der Waals surface area contributed by atoms with Crippen molar-refractivity contribution in [2.45, 2.75) is 51.7 Å². The first-order valence-corrected chi connectivity index (χ1v) is 9.18. The van der Waals surface area contributed by atoms with E-state index in [0.717, 1.165) is 0 Å². The van der Waals surface area contributed by atoms with Gasteiger partial charge in [0, 0.05) is 42.5 Å². The van der Waals surface area contributed by atoms with E-state index in [1.54, 1.807) is 39.0 Å². The molecule has 8 heteroatoms. The predicted octanol–water partition coefficient (Wildman–Crippen LogP) is 4.35. The summed E-state index contributed by atoms with van der Waals surface area (Å²) in [7, 11) is 0. The molecule has 1 aliphatic heterocycles. The molecule has 1 fully saturated rings. The van der Waals surface area contributed by atoms with Crippen LogP contribution in [0.1, 0.15) is 49.5 Å². The number of nitrogens with zero attached hydrogens (tertiary/aromatic N) is 1. The van der Waals surface area contributed by atoms with Crippen LogP contribution in [0, 0.1) is 0 Å². The van der Waals surface area contributed by atoms with Crippen molar-refractivity contribution >= 4 is 27.9 Å². The highest BCUT2D eigenvalue weighted by atomic mass is 79.9. The van der Waals surface area contributed by atoms with Gasteiger partial charge in [0.25, 0.3) is 11.8 Å². The van der Waals surface area contributed by atoms with Crippen LogP contribution in [0.15, 0.2) is 22.7 Å². The minimum absolute atomic E-state index is 0.0316. The molecule has 1 saturated heterocycles. The summed E-state index contributed by atoms with van der Waals surface area (Å²) in [6.45, 7) is 5.56. The Bertz CT molecular complexity index is 680. The summed E-state index contributed by atoms with van der Waals surface area (Å²) in [5.74, 6) is -2.99. The van der Waals surface area contributed by atoms with Crippen LogP contribution in [0.4, 0.5) is 13.6 Å². The number of piperidine rings is 1. The van der Waals surface area contributed by atoms with Crippen LogP contribution in [0.25, 0.3) is 0 Å². The molecule has 144 valence electrons. The molecule has 1 N–H and O–H groups in total. The van der Waals surface area contributed by atoms with Crippen LogP contribution in [-0.2, 0) is 11.3 Å². The molecule has 1 aromatic rings. The highest BCUT2D eigenvalue weighted by Gasteiger charge is 2.35. The number of carbonyl (C=O) groups excluding carboxylic acids is 2. The average Bonchev–Trinajstić information content (AvgIpc) is 2.50. The van der Waals surface area contributed by atoms with Gasteiger partial charge in [-0.1, -0.05) is 15.9 Å². The zero-order valence-corrected chi connectivity index (χ0v) is 16.7. The molecule has 1 aromatic carbocycles. The Hall–Kier alpha value is -1.70. The third kappa shape index (κ3) is 6.23. The standard InChI is InChI=1S/C18H23BrF2N2O3/c1-17(2,3)26-16(25)22-11-12-8-13(10-14(19)9-12)15(24)23-6-4-18(20,21)5-7-23/h8-10H,4-7,11H2,1-3H3,(H,22,25). The molecular formula is C18H23BrF2N2O3. The first-order valence-electron chi connectivity index (χ1n) is 8.39. The summed E-state index contributed by atoms with van der Waals surface area (Å²) >= 11 is 3.34. The van der Waals surface area contributed by atoms with Gasteiger partial charge in [0.1, 0.15) is 5.60 Å². The van der Waals surface area contributed by atoms with Gasteiger partial charge in [-0.2, -0.15) is 0 Å². The zero-order chi connectivity index (χ0) is 19.5. The SMILES string of the molecule is CC(C)(C)OC(=O)NCc1cc(Br)cc(C(=O)N2CCC(F)(F)CC2)c1. The van der Waals surface area contributed by atoms with Crippen LogP contribution in [0.5, 0.6) is 0 Å². The van der Waals surface area contributed by atoms with Gasteiger partial charge < -0.3 is 15.0 Å². The van der Waals surface area contributed by atoms with E-state index < -0.39 is 17.6 Å². The molecule has 0 radical (unpaired) electrons. The fourth-order valence-electron chi connectivity index (χ4n) is 2.58. The number of hydrogen-bond acceptors (Lipinski definition) is 3. The Morgan fingerprint density at radius 2 is 1.85 bits per heavy atom. The second kappa shape index (κ2) is 7.90. The van der Waals surface area contributed by atoms with E-state index in [9.17, 15) is 18.4 Å². The van der Waals surface area contributed by atoms with E-state index in [4.69, 9.17) is 4.74 Å². The number of rotatable bonds is 3. The number of hydrogen-bond donors (Lipinski definition) is 1. The second-order valence-corrected chi connectivity index (χ2v) is 8.27. The second-order valence-electron chi connectivity index (χ2n) is 7.35. The Morgan fingerprint density at radius 1 is 1.23 bits per heavy atom. The number of amides is 2. The van der Waals surface area contributed by atoms with Gasteiger partial charge in [0.2, 0.25) is 0 Å². The number of likely N-dealkylation sites (tertiary alicyclic amines) is 1. The number of halogens is 3. The molecular weight excluding hydrogens is 410 g/mol. The third-order valence-electron chi connectivity index (χ3n) is 3.82. The first-order chi connectivity index (χ1) is 12.0. The lowest BCUT2D eigenvalue weighted by Crippen LogP contribution is -2.42. The van der Waals surface area contributed by atoms with Crippen molar-refractivity contribution < 1.29 is 23.1 Å². The van der Waals surface area contributed by atoms with Crippen molar-refractivity contribution in [1.82, 2.24) is 10.2 Å². The number of nitrogens with one attached hydrogen (secondary N) is 1. The minimum Gasteiger partial charge on any atom is -0.444 e. The molecule has 26 heavy (non-hydrogen) atoms. The molecule has 0 aliphatic carbocycles. The molecule has 0 unspecified atom stereocenters. The average molecular weight is 433 g/mol. The van der Waals surface area contributed by atoms with Crippen LogP contribution in [0.2, 0.25) is 0 Å². The van der Waals surface area contributed by atoms with E-state index in [-0.39, 0.29) is 38.4 Å². The number of benzene rings is 1. The maximum absolute atomic E-state index is 13.3. The van der Waals surface area contributed by atoms with Crippen molar-refractivity contribution in [3.63, 3.8) is 0 Å². The summed E-state index contributed by atoms with van der Waals surface area (Å²) in [4.78, 5) is 25.8. The lowest BCUT2D eigenvalue weighted by molar-refractivity contribution is -0.0494. The molecule has 0 aromatic heterocycles. The Morgan fingerprint density at radius 3 is 2.42 bits per heavy atom. The molecule has 0 atom stereocenters. The number of alkyl carbamates (subject to hydrolysis) is 1. The monoisotopic (exact) mass is 432 g/mol. The molecule has 0 saturated carbocycles. The van der Waals surface area contributed by atoms with Crippen molar-refractivity contribution in [3.05, 3.63) is 33.8 Å². The van der Waals surface area contributed by atoms with E-state index in [1.165, 1.54) is 4.90 Å². The number of carbonyl (C=O) groups is 2. The highest BCUT2D eigenvalue weighted by Crippen LogP contribution is 2.28. The highest BCUT2D eigenvalue weighted by molar-refractivity contribution is 9.10. The molecule has 0 bridgehead atoms. The van der Waals surface area contributed by atoms with Gasteiger partial charge in [0.15, 0.2) is 0 Å². The van der Waals surface area contributed by atoms with Gasteiger partial charge in [-0.05, 0) is 44.5 Å². The van der Waals surface area contributed by atoms with Crippen molar-refractivity contribution in [2.75, 3.05) is 13.1 Å². The zero-order valence-electron chi connectivity index (χ0n) is 15.1. The normalized spacial score (nSPS) is 16.9. The quantitative estimate of drug-likeness (QED) is 0.772. The van der Waals surface area contributed by atoms with Crippen molar-refractivity contribution in [2.24, 2.45) is 0 Å². The smallest absolute Gasteiger partial charge is 0.407 e. The predicted molar refractivity (Wildman–Crippen MR) is 97.3 cm³/mol. The fourth-order valence-corrected chi connectivity index (χ4v) is 3.12. The summed E-state index contributed by atoms with van der Waals surface area (Å²) in [6.07, 6.45) is -1.19. The van der Waals surface area contributed by atoms with Crippen LogP contribution < -0.4 is 5.32 Å². The number of alkyl halides is 2. The van der Waals surface area contributed by atoms with Gasteiger partial charge >= 0.3 is 6.09 Å². The third-order valence-corrected chi connectivity index (χ3v) is 4.28. The number of ether oxygens (including phenoxy) is 1. The molecule has 2 rings (SSSR count). The molecule has 2 amide bonds. The minimum atomic E-state index is -2.70. The largest absolute Gasteiger partial charge is 0.444 e. The van der Waals surface area contributed by atoms with Gasteiger partial charge in [-0.15, -0.1) is 0 Å². The van der Waals surface area contributed by atoms with Crippen molar-refractivity contribution in [3.8, 4) is 0 Å². The van der Waals surface area contributed by atoms with Gasteiger partial charge in [-0.25, -0.2) is 13.6 Å². The van der Waals surface area contributed by atoms with E-state index in [2.05, 4.69) is 21.2 Å². The molecule has 1 aliphatic rings. The maximum atomic E-state index is 13.3. The maximum Gasteiger partial charge on any atom is 0.407 e. The fraction of sp³-hybridized carbons (Fsp3) is 0.556.